The second kappa shape index (κ2) is 23.2. The van der Waals surface area contributed by atoms with E-state index in [4.69, 9.17) is 0 Å². The van der Waals surface area contributed by atoms with E-state index in [-0.39, 0.29) is 0 Å². The summed E-state index contributed by atoms with van der Waals surface area (Å²) in [4.78, 5) is 1.04. The van der Waals surface area contributed by atoms with Crippen LogP contribution in [-0.2, 0) is 6.42 Å². The van der Waals surface area contributed by atoms with E-state index < -0.39 is 0 Å². The molecular formula is C32H52S. The van der Waals surface area contributed by atoms with E-state index >= 15 is 0 Å². The molecule has 3 aromatic carbocycles. The van der Waals surface area contributed by atoms with Gasteiger partial charge in [-0.2, -0.15) is 0 Å². The van der Waals surface area contributed by atoms with Crippen molar-refractivity contribution in [3.63, 3.8) is 0 Å². The van der Waals surface area contributed by atoms with Crippen LogP contribution < -0.4 is 0 Å². The van der Waals surface area contributed by atoms with Crippen LogP contribution in [0, 0.1) is 13.8 Å². The van der Waals surface area contributed by atoms with E-state index in [1.807, 2.05) is 69.2 Å². The zero-order valence-electron chi connectivity index (χ0n) is 23.9. The van der Waals surface area contributed by atoms with Crippen LogP contribution in [0.15, 0.2) is 65.6 Å². The molecule has 0 fully saturated rings. The summed E-state index contributed by atoms with van der Waals surface area (Å²) >= 11 is 4.53. The lowest BCUT2D eigenvalue weighted by atomic mass is 9.96. The normalized spacial score (nSPS) is 8.42. The van der Waals surface area contributed by atoms with Gasteiger partial charge < -0.3 is 0 Å². The standard InChI is InChI=1S/C22H22S.5C2H6/c1-4-17-13-20(7-5-15(17)2)18-9-11-19(12-10-18)21-8-6-16(3)22(23)14-21;5*1-2/h5-14,23H,4H2,1-3H3;5*1-2H3. The second-order valence-electron chi connectivity index (χ2n) is 6.07. The van der Waals surface area contributed by atoms with Crippen molar-refractivity contribution >= 4 is 12.6 Å². The van der Waals surface area contributed by atoms with E-state index in [1.165, 1.54) is 38.9 Å². The predicted octanol–water partition coefficient (Wildman–Crippen LogP) is 11.6. The molecule has 0 atom stereocenters. The van der Waals surface area contributed by atoms with Crippen molar-refractivity contribution in [2.45, 2.75) is 101 Å². The minimum Gasteiger partial charge on any atom is -0.143 e. The Balaban J connectivity index is -0.000000798. The van der Waals surface area contributed by atoms with Crippen molar-refractivity contribution in [1.29, 1.82) is 0 Å². The van der Waals surface area contributed by atoms with Gasteiger partial charge in [0.1, 0.15) is 0 Å². The van der Waals surface area contributed by atoms with Crippen LogP contribution in [-0.4, -0.2) is 0 Å². The Morgan fingerprint density at radius 1 is 0.485 bits per heavy atom. The second-order valence-corrected chi connectivity index (χ2v) is 6.56. The maximum absolute atomic E-state index is 4.53. The Kier molecular flexibility index (Phi) is 25.0. The molecule has 3 rings (SSSR count). The molecule has 0 saturated carbocycles. The van der Waals surface area contributed by atoms with Crippen LogP contribution in [0.5, 0.6) is 0 Å². The van der Waals surface area contributed by atoms with Crippen molar-refractivity contribution in [2.24, 2.45) is 0 Å². The molecular weight excluding hydrogens is 416 g/mol. The fraction of sp³-hybridized carbons (Fsp3) is 0.438. The maximum Gasteiger partial charge on any atom is 0.00753 e. The van der Waals surface area contributed by atoms with Crippen molar-refractivity contribution in [3.8, 4) is 22.3 Å². The van der Waals surface area contributed by atoms with Crippen molar-refractivity contribution in [1.82, 2.24) is 0 Å². The van der Waals surface area contributed by atoms with E-state index in [1.54, 1.807) is 0 Å². The highest BCUT2D eigenvalue weighted by molar-refractivity contribution is 7.80. The van der Waals surface area contributed by atoms with Gasteiger partial charge in [-0.3, -0.25) is 0 Å². The van der Waals surface area contributed by atoms with E-state index in [0.29, 0.717) is 0 Å². The molecule has 0 amide bonds. The van der Waals surface area contributed by atoms with Crippen molar-refractivity contribution in [3.05, 3.63) is 77.4 Å². The summed E-state index contributed by atoms with van der Waals surface area (Å²) in [6.45, 7) is 26.5. The van der Waals surface area contributed by atoms with Gasteiger partial charge in [-0.25, -0.2) is 0 Å². The molecule has 0 N–H and O–H groups in total. The summed E-state index contributed by atoms with van der Waals surface area (Å²) in [6.07, 6.45) is 1.08. The first kappa shape index (κ1) is 35.6. The van der Waals surface area contributed by atoms with Crippen LogP contribution in [0.25, 0.3) is 22.3 Å². The van der Waals surface area contributed by atoms with Gasteiger partial charge in [-0.1, -0.05) is 131 Å². The summed E-state index contributed by atoms with van der Waals surface area (Å²) in [5, 5.41) is 0. The molecule has 0 heterocycles. The zero-order valence-corrected chi connectivity index (χ0v) is 24.8. The summed E-state index contributed by atoms with van der Waals surface area (Å²) in [5.41, 5.74) is 9.00. The van der Waals surface area contributed by atoms with E-state index in [2.05, 4.69) is 94.1 Å². The third kappa shape index (κ3) is 12.2. The van der Waals surface area contributed by atoms with Crippen LogP contribution in [0.1, 0.15) is 92.9 Å². The molecule has 0 bridgehead atoms. The number of thiol groups is 1. The molecule has 1 heteroatoms. The van der Waals surface area contributed by atoms with Gasteiger partial charge in [0, 0.05) is 4.90 Å². The number of rotatable bonds is 3. The third-order valence-corrected chi connectivity index (χ3v) is 4.97. The lowest BCUT2D eigenvalue weighted by Gasteiger charge is -2.09. The molecule has 0 radical (unpaired) electrons. The summed E-state index contributed by atoms with van der Waals surface area (Å²) in [7, 11) is 0. The summed E-state index contributed by atoms with van der Waals surface area (Å²) < 4.78 is 0. The van der Waals surface area contributed by atoms with E-state index in [9.17, 15) is 0 Å². The third-order valence-electron chi connectivity index (χ3n) is 4.49. The molecule has 0 aliphatic rings. The minimum absolute atomic E-state index is 1.04. The lowest BCUT2D eigenvalue weighted by molar-refractivity contribution is 1.11. The monoisotopic (exact) mass is 468 g/mol. The Hall–Kier alpha value is -1.99. The van der Waals surface area contributed by atoms with Gasteiger partial charge >= 0.3 is 0 Å². The molecule has 0 aliphatic carbocycles. The number of hydrogen-bond acceptors (Lipinski definition) is 1. The van der Waals surface area contributed by atoms with Crippen LogP contribution in [0.3, 0.4) is 0 Å². The molecule has 33 heavy (non-hydrogen) atoms. The first-order chi connectivity index (χ1) is 16.1. The van der Waals surface area contributed by atoms with Crippen molar-refractivity contribution < 1.29 is 0 Å². The summed E-state index contributed by atoms with van der Waals surface area (Å²) in [6, 6.07) is 21.9. The smallest absolute Gasteiger partial charge is 0.00753 e. The quantitative estimate of drug-likeness (QED) is 0.363. The van der Waals surface area contributed by atoms with Crippen molar-refractivity contribution in [2.75, 3.05) is 0 Å². The molecule has 0 spiro atoms. The number of aryl methyl sites for hydroxylation is 3. The predicted molar refractivity (Wildman–Crippen MR) is 160 cm³/mol. The van der Waals surface area contributed by atoms with Gasteiger partial charge in [0.15, 0.2) is 0 Å². The topological polar surface area (TPSA) is 0 Å². The maximum atomic E-state index is 4.53. The van der Waals surface area contributed by atoms with Gasteiger partial charge in [0.2, 0.25) is 0 Å². The number of hydrogen-bond donors (Lipinski definition) is 1. The first-order valence-corrected chi connectivity index (χ1v) is 13.5. The molecule has 0 aromatic heterocycles. The Bertz CT molecular complexity index is 830. The average molecular weight is 469 g/mol. The highest BCUT2D eigenvalue weighted by Gasteiger charge is 2.04. The molecule has 0 aliphatic heterocycles. The first-order valence-electron chi connectivity index (χ1n) is 13.1. The fourth-order valence-corrected chi connectivity index (χ4v) is 3.09. The minimum atomic E-state index is 1.04. The van der Waals surface area contributed by atoms with Crippen LogP contribution in [0.2, 0.25) is 0 Å². The zero-order chi connectivity index (χ0) is 26.4. The lowest BCUT2D eigenvalue weighted by Crippen LogP contribution is -1.88. The Morgan fingerprint density at radius 3 is 1.18 bits per heavy atom. The molecule has 3 aromatic rings. The highest BCUT2D eigenvalue weighted by atomic mass is 32.1. The number of benzene rings is 3. The fourth-order valence-electron chi connectivity index (χ4n) is 2.88. The largest absolute Gasteiger partial charge is 0.143 e. The van der Waals surface area contributed by atoms with E-state index in [0.717, 1.165) is 11.3 Å². The van der Waals surface area contributed by atoms with Gasteiger partial charge in [0.25, 0.3) is 0 Å². The van der Waals surface area contributed by atoms with Gasteiger partial charge in [0.05, 0.1) is 0 Å². The SMILES string of the molecule is CC.CC.CC.CC.CC.CCc1cc(-c2ccc(-c3ccc(C)c(S)c3)cc2)ccc1C. The van der Waals surface area contributed by atoms with Gasteiger partial charge in [-0.05, 0) is 65.3 Å². The average Bonchev–Trinajstić information content (AvgIpc) is 2.92. The highest BCUT2D eigenvalue weighted by Crippen LogP contribution is 2.28. The van der Waals surface area contributed by atoms with Crippen LogP contribution >= 0.6 is 12.6 Å². The molecule has 0 nitrogen and oxygen atoms in total. The Labute approximate surface area is 213 Å². The molecule has 186 valence electrons. The Morgan fingerprint density at radius 2 is 0.818 bits per heavy atom. The van der Waals surface area contributed by atoms with Gasteiger partial charge in [-0.15, -0.1) is 12.6 Å². The molecule has 0 saturated heterocycles. The summed E-state index contributed by atoms with van der Waals surface area (Å²) in [5.74, 6) is 0. The molecule has 0 unspecified atom stereocenters. The van der Waals surface area contributed by atoms with Crippen LogP contribution in [0.4, 0.5) is 0 Å².